The lowest BCUT2D eigenvalue weighted by Crippen LogP contribution is -2.40. The molecule has 1 aliphatic heterocycles. The summed E-state index contributed by atoms with van der Waals surface area (Å²) in [4.78, 5) is 26.8. The molecule has 0 spiro atoms. The number of aliphatic hydroxyl groups is 1. The normalized spacial score (nSPS) is 18.9. The van der Waals surface area contributed by atoms with Crippen LogP contribution in [0.1, 0.15) is 22.3 Å². The van der Waals surface area contributed by atoms with Crippen molar-refractivity contribution >= 4 is 17.4 Å². The van der Waals surface area contributed by atoms with E-state index in [1.54, 1.807) is 49.5 Å². The van der Waals surface area contributed by atoms with Crippen LogP contribution in [0.15, 0.2) is 42.5 Å². The molecule has 0 aliphatic carbocycles. The number of anilines is 1. The Morgan fingerprint density at radius 2 is 1.88 bits per heavy atom. The van der Waals surface area contributed by atoms with Crippen LogP contribution in [-0.4, -0.2) is 38.1 Å². The van der Waals surface area contributed by atoms with Crippen LogP contribution in [0.5, 0.6) is 11.5 Å². The summed E-state index contributed by atoms with van der Waals surface area (Å²) in [5, 5.41) is 11.0. The summed E-state index contributed by atoms with van der Waals surface area (Å²) in [7, 11) is 4.53. The Hall–Kier alpha value is -2.86. The van der Waals surface area contributed by atoms with Crippen molar-refractivity contribution < 1.29 is 24.2 Å². The predicted molar refractivity (Wildman–Crippen MR) is 92.2 cm³/mol. The first kappa shape index (κ1) is 17.0. The van der Waals surface area contributed by atoms with E-state index in [4.69, 9.17) is 9.47 Å². The maximum atomic E-state index is 12.8. The van der Waals surface area contributed by atoms with Gasteiger partial charge >= 0.3 is 0 Å². The second kappa shape index (κ2) is 6.22. The van der Waals surface area contributed by atoms with Gasteiger partial charge in [-0.2, -0.15) is 0 Å². The minimum absolute atomic E-state index is 0.259. The second-order valence-corrected chi connectivity index (χ2v) is 5.91. The zero-order chi connectivity index (χ0) is 18.2. The number of para-hydroxylation sites is 1. The molecule has 1 unspecified atom stereocenters. The standard InChI is InChI=1S/C19H19NO5/c1-20-15-7-5-4-6-14(15)19(23,18(20)22)11-16(21)13-10-12(24-2)8-9-17(13)25-3/h4-10,23H,11H2,1-3H3. The number of benzene rings is 2. The molecule has 6 heteroatoms. The fraction of sp³-hybridized carbons (Fsp3) is 0.263. The summed E-state index contributed by atoms with van der Waals surface area (Å²) in [5.74, 6) is -0.0755. The molecule has 0 fully saturated rings. The molecule has 130 valence electrons. The van der Waals surface area contributed by atoms with Crippen LogP contribution in [0.4, 0.5) is 5.69 Å². The van der Waals surface area contributed by atoms with E-state index in [2.05, 4.69) is 0 Å². The fourth-order valence-corrected chi connectivity index (χ4v) is 3.15. The number of likely N-dealkylation sites (N-methyl/N-ethyl adjacent to an activating group) is 1. The van der Waals surface area contributed by atoms with E-state index in [0.717, 1.165) is 0 Å². The molecule has 1 aliphatic rings. The van der Waals surface area contributed by atoms with Crippen molar-refractivity contribution in [2.75, 3.05) is 26.2 Å². The van der Waals surface area contributed by atoms with Crippen molar-refractivity contribution in [2.45, 2.75) is 12.0 Å². The molecule has 0 saturated heterocycles. The summed E-state index contributed by atoms with van der Waals surface area (Å²) in [5.41, 5.74) is -0.607. The van der Waals surface area contributed by atoms with Gasteiger partial charge in [-0.05, 0) is 24.3 Å². The quantitative estimate of drug-likeness (QED) is 0.843. The number of amides is 1. The van der Waals surface area contributed by atoms with Crippen LogP contribution in [0.3, 0.4) is 0 Å². The number of carbonyl (C=O) groups is 2. The number of nitrogens with zero attached hydrogens (tertiary/aromatic N) is 1. The van der Waals surface area contributed by atoms with E-state index in [9.17, 15) is 14.7 Å². The Balaban J connectivity index is 2.00. The number of ketones is 1. The van der Waals surface area contributed by atoms with Gasteiger partial charge in [-0.25, -0.2) is 0 Å². The largest absolute Gasteiger partial charge is 0.497 e. The number of carbonyl (C=O) groups excluding carboxylic acids is 2. The molecule has 0 bridgehead atoms. The molecule has 3 rings (SSSR count). The van der Waals surface area contributed by atoms with Crippen LogP contribution >= 0.6 is 0 Å². The molecule has 0 saturated carbocycles. The number of hydrogen-bond acceptors (Lipinski definition) is 5. The SMILES string of the molecule is COc1ccc(OC)c(C(=O)CC2(O)C(=O)N(C)c3ccccc32)c1. The Morgan fingerprint density at radius 3 is 2.56 bits per heavy atom. The van der Waals surface area contributed by atoms with Crippen molar-refractivity contribution in [3.05, 3.63) is 53.6 Å². The van der Waals surface area contributed by atoms with Gasteiger partial charge in [-0.3, -0.25) is 9.59 Å². The highest BCUT2D eigenvalue weighted by molar-refractivity contribution is 6.11. The average molecular weight is 341 g/mol. The molecule has 1 atom stereocenters. The zero-order valence-electron chi connectivity index (χ0n) is 14.3. The van der Waals surface area contributed by atoms with E-state index in [0.29, 0.717) is 22.7 Å². The van der Waals surface area contributed by atoms with E-state index >= 15 is 0 Å². The second-order valence-electron chi connectivity index (χ2n) is 5.91. The third kappa shape index (κ3) is 2.64. The first-order valence-corrected chi connectivity index (χ1v) is 7.77. The van der Waals surface area contributed by atoms with Crippen LogP contribution in [0.2, 0.25) is 0 Å². The maximum Gasteiger partial charge on any atom is 0.263 e. The number of methoxy groups -OCH3 is 2. The number of rotatable bonds is 5. The van der Waals surface area contributed by atoms with Gasteiger partial charge in [-0.15, -0.1) is 0 Å². The lowest BCUT2D eigenvalue weighted by Gasteiger charge is -2.21. The average Bonchev–Trinajstić information content (AvgIpc) is 2.83. The molecule has 2 aromatic carbocycles. The van der Waals surface area contributed by atoms with E-state index in [1.165, 1.54) is 19.1 Å². The highest BCUT2D eigenvalue weighted by Crippen LogP contribution is 2.42. The summed E-state index contributed by atoms with van der Waals surface area (Å²) >= 11 is 0. The number of Topliss-reactive ketones (excluding diaryl/α,β-unsaturated/α-hetero) is 1. The third-order valence-electron chi connectivity index (χ3n) is 4.49. The van der Waals surface area contributed by atoms with Gasteiger partial charge in [0, 0.05) is 12.6 Å². The molecular weight excluding hydrogens is 322 g/mol. The van der Waals surface area contributed by atoms with E-state index in [1.807, 2.05) is 0 Å². The van der Waals surface area contributed by atoms with Crippen molar-refractivity contribution in [2.24, 2.45) is 0 Å². The minimum Gasteiger partial charge on any atom is -0.497 e. The molecule has 0 aromatic heterocycles. The van der Waals surface area contributed by atoms with Crippen molar-refractivity contribution in [1.82, 2.24) is 0 Å². The number of hydrogen-bond donors (Lipinski definition) is 1. The maximum absolute atomic E-state index is 12.8. The van der Waals surface area contributed by atoms with Gasteiger partial charge < -0.3 is 19.5 Å². The summed E-state index contributed by atoms with van der Waals surface area (Å²) in [6, 6.07) is 11.7. The van der Waals surface area contributed by atoms with Crippen LogP contribution < -0.4 is 14.4 Å². The van der Waals surface area contributed by atoms with Crippen molar-refractivity contribution in [3.8, 4) is 11.5 Å². The van der Waals surface area contributed by atoms with Crippen LogP contribution in [0, 0.1) is 0 Å². The first-order chi connectivity index (χ1) is 11.9. The first-order valence-electron chi connectivity index (χ1n) is 7.77. The van der Waals surface area contributed by atoms with Crippen molar-refractivity contribution in [1.29, 1.82) is 0 Å². The van der Waals surface area contributed by atoms with Crippen LogP contribution in [0.25, 0.3) is 0 Å². The minimum atomic E-state index is -1.89. The Kier molecular flexibility index (Phi) is 4.22. The molecule has 6 nitrogen and oxygen atoms in total. The molecule has 25 heavy (non-hydrogen) atoms. The number of ether oxygens (including phenoxy) is 2. The van der Waals surface area contributed by atoms with E-state index < -0.39 is 17.3 Å². The van der Waals surface area contributed by atoms with Gasteiger partial charge in [0.2, 0.25) is 0 Å². The van der Waals surface area contributed by atoms with Crippen molar-refractivity contribution in [3.63, 3.8) is 0 Å². The topological polar surface area (TPSA) is 76.1 Å². The van der Waals surface area contributed by atoms with Gasteiger partial charge in [0.05, 0.1) is 31.9 Å². The van der Waals surface area contributed by atoms with E-state index in [-0.39, 0.29) is 12.0 Å². The highest BCUT2D eigenvalue weighted by Gasteiger charge is 2.49. The van der Waals surface area contributed by atoms with Gasteiger partial charge in [-0.1, -0.05) is 18.2 Å². The fourth-order valence-electron chi connectivity index (χ4n) is 3.15. The van der Waals surface area contributed by atoms with Gasteiger partial charge in [0.1, 0.15) is 11.5 Å². The molecule has 0 radical (unpaired) electrons. The predicted octanol–water partition coefficient (Wildman–Crippen LogP) is 2.14. The smallest absolute Gasteiger partial charge is 0.263 e. The molecule has 1 N–H and O–H groups in total. The lowest BCUT2D eigenvalue weighted by molar-refractivity contribution is -0.135. The third-order valence-corrected chi connectivity index (χ3v) is 4.49. The van der Waals surface area contributed by atoms with Gasteiger partial charge in [0.25, 0.3) is 5.91 Å². The zero-order valence-corrected chi connectivity index (χ0v) is 14.3. The number of fused-ring (bicyclic) bond motifs is 1. The Labute approximate surface area is 145 Å². The Bertz CT molecular complexity index is 847. The molecule has 1 amide bonds. The van der Waals surface area contributed by atoms with Gasteiger partial charge in [0.15, 0.2) is 11.4 Å². The highest BCUT2D eigenvalue weighted by atomic mass is 16.5. The van der Waals surface area contributed by atoms with Crippen LogP contribution in [-0.2, 0) is 10.4 Å². The summed E-state index contributed by atoms with van der Waals surface area (Å²) < 4.78 is 10.4. The molecular formula is C19H19NO5. The monoisotopic (exact) mass is 341 g/mol. The molecule has 2 aromatic rings. The summed E-state index contributed by atoms with van der Waals surface area (Å²) in [6.45, 7) is 0. The summed E-state index contributed by atoms with van der Waals surface area (Å²) in [6.07, 6.45) is -0.378. The lowest BCUT2D eigenvalue weighted by atomic mass is 9.88. The Morgan fingerprint density at radius 1 is 1.16 bits per heavy atom. The molecule has 1 heterocycles.